The highest BCUT2D eigenvalue weighted by Crippen LogP contribution is 2.21. The zero-order chi connectivity index (χ0) is 12.4. The molecule has 2 aromatic heterocycles. The lowest BCUT2D eigenvalue weighted by atomic mass is 10.2. The summed E-state index contributed by atoms with van der Waals surface area (Å²) in [7, 11) is 0. The van der Waals surface area contributed by atoms with Gasteiger partial charge in [-0.05, 0) is 40.4 Å². The van der Waals surface area contributed by atoms with Crippen molar-refractivity contribution in [3.8, 4) is 0 Å². The van der Waals surface area contributed by atoms with Crippen molar-refractivity contribution >= 4 is 22.2 Å². The molecule has 3 aromatic rings. The summed E-state index contributed by atoms with van der Waals surface area (Å²) < 4.78 is 2.31. The van der Waals surface area contributed by atoms with Gasteiger partial charge in [0.2, 0.25) is 0 Å². The summed E-state index contributed by atoms with van der Waals surface area (Å²) in [4.78, 5) is 0. The Morgan fingerprint density at radius 1 is 1.17 bits per heavy atom. The van der Waals surface area contributed by atoms with E-state index in [0.29, 0.717) is 6.54 Å². The van der Waals surface area contributed by atoms with Gasteiger partial charge in [-0.2, -0.15) is 11.3 Å². The first-order chi connectivity index (χ1) is 8.88. The second-order valence-corrected chi connectivity index (χ2v) is 5.23. The summed E-state index contributed by atoms with van der Waals surface area (Å²) in [5.41, 5.74) is 9.74. The minimum Gasteiger partial charge on any atom is -0.347 e. The zero-order valence-corrected chi connectivity index (χ0v) is 11.0. The molecule has 3 heteroatoms. The van der Waals surface area contributed by atoms with Crippen LogP contribution >= 0.6 is 11.3 Å². The molecule has 92 valence electrons. The molecule has 0 saturated heterocycles. The number of rotatable bonds is 4. The molecule has 2 N–H and O–H groups in total. The van der Waals surface area contributed by atoms with Crippen LogP contribution in [0.3, 0.4) is 0 Å². The molecule has 0 aliphatic heterocycles. The second-order valence-electron chi connectivity index (χ2n) is 4.45. The predicted molar refractivity (Wildman–Crippen MR) is 77.9 cm³/mol. The third kappa shape index (κ3) is 2.07. The molecular weight excluding hydrogens is 240 g/mol. The van der Waals surface area contributed by atoms with Crippen LogP contribution in [0.1, 0.15) is 11.1 Å². The third-order valence-electron chi connectivity index (χ3n) is 3.31. The number of aryl methyl sites for hydroxylation is 2. The quantitative estimate of drug-likeness (QED) is 0.762. The number of aromatic nitrogens is 1. The maximum absolute atomic E-state index is 5.81. The fourth-order valence-electron chi connectivity index (χ4n) is 2.35. The Kier molecular flexibility index (Phi) is 3.17. The van der Waals surface area contributed by atoms with Crippen LogP contribution in [0.25, 0.3) is 10.9 Å². The van der Waals surface area contributed by atoms with Gasteiger partial charge in [0, 0.05) is 30.2 Å². The lowest BCUT2D eigenvalue weighted by Gasteiger charge is -2.03. The number of hydrogen-bond acceptors (Lipinski definition) is 2. The van der Waals surface area contributed by atoms with Crippen LogP contribution in [0.15, 0.2) is 47.3 Å². The molecule has 0 bridgehead atoms. The summed E-state index contributed by atoms with van der Waals surface area (Å²) in [6, 6.07) is 10.7. The van der Waals surface area contributed by atoms with Crippen molar-refractivity contribution in [1.29, 1.82) is 0 Å². The van der Waals surface area contributed by atoms with Crippen molar-refractivity contribution in [3.05, 3.63) is 58.4 Å². The predicted octanol–water partition coefficient (Wildman–Crippen LogP) is 3.40. The Morgan fingerprint density at radius 3 is 2.83 bits per heavy atom. The largest absolute Gasteiger partial charge is 0.347 e. The van der Waals surface area contributed by atoms with Crippen LogP contribution in [0.4, 0.5) is 0 Å². The lowest BCUT2D eigenvalue weighted by molar-refractivity contribution is 0.721. The Labute approximate surface area is 111 Å². The highest BCUT2D eigenvalue weighted by molar-refractivity contribution is 7.07. The van der Waals surface area contributed by atoms with Gasteiger partial charge in [0.05, 0.1) is 0 Å². The van der Waals surface area contributed by atoms with Crippen LogP contribution in [-0.2, 0) is 19.5 Å². The molecule has 0 saturated carbocycles. The second kappa shape index (κ2) is 4.96. The maximum atomic E-state index is 5.81. The summed E-state index contributed by atoms with van der Waals surface area (Å²) in [5, 5.41) is 5.63. The average molecular weight is 256 g/mol. The van der Waals surface area contributed by atoms with Crippen LogP contribution in [0.5, 0.6) is 0 Å². The molecular formula is C15H16N2S. The fourth-order valence-corrected chi connectivity index (χ4v) is 3.06. The van der Waals surface area contributed by atoms with Gasteiger partial charge < -0.3 is 10.3 Å². The van der Waals surface area contributed by atoms with Crippen molar-refractivity contribution in [2.24, 2.45) is 5.73 Å². The molecule has 2 heterocycles. The normalized spacial score (nSPS) is 11.2. The smallest absolute Gasteiger partial charge is 0.0483 e. The van der Waals surface area contributed by atoms with E-state index in [1.54, 1.807) is 11.3 Å². The molecule has 1 aromatic carbocycles. The summed E-state index contributed by atoms with van der Waals surface area (Å²) in [5.74, 6) is 0. The van der Waals surface area contributed by atoms with E-state index in [1.165, 1.54) is 22.0 Å². The highest BCUT2D eigenvalue weighted by atomic mass is 32.1. The van der Waals surface area contributed by atoms with E-state index >= 15 is 0 Å². The van der Waals surface area contributed by atoms with Crippen molar-refractivity contribution in [2.45, 2.75) is 19.5 Å². The van der Waals surface area contributed by atoms with E-state index in [1.807, 2.05) is 0 Å². The van der Waals surface area contributed by atoms with E-state index in [-0.39, 0.29) is 0 Å². The number of para-hydroxylation sites is 1. The first-order valence-electron chi connectivity index (χ1n) is 6.16. The molecule has 0 aliphatic carbocycles. The minimum atomic E-state index is 0.603. The molecule has 0 atom stereocenters. The minimum absolute atomic E-state index is 0.603. The van der Waals surface area contributed by atoms with Crippen molar-refractivity contribution in [2.75, 3.05) is 0 Å². The Balaban J connectivity index is 1.91. The van der Waals surface area contributed by atoms with Gasteiger partial charge in [-0.1, -0.05) is 18.2 Å². The number of nitrogens with two attached hydrogens (primary N) is 1. The third-order valence-corrected chi connectivity index (χ3v) is 4.04. The van der Waals surface area contributed by atoms with Crippen LogP contribution in [0.2, 0.25) is 0 Å². The first-order valence-corrected chi connectivity index (χ1v) is 7.10. The molecule has 0 unspecified atom stereocenters. The van der Waals surface area contributed by atoms with Crippen molar-refractivity contribution in [1.82, 2.24) is 4.57 Å². The van der Waals surface area contributed by atoms with Gasteiger partial charge in [-0.25, -0.2) is 0 Å². The van der Waals surface area contributed by atoms with E-state index in [4.69, 9.17) is 5.73 Å². The van der Waals surface area contributed by atoms with Crippen LogP contribution in [-0.4, -0.2) is 4.57 Å². The highest BCUT2D eigenvalue weighted by Gasteiger charge is 2.06. The van der Waals surface area contributed by atoms with Gasteiger partial charge in [0.15, 0.2) is 0 Å². The average Bonchev–Trinajstić information content (AvgIpc) is 3.04. The molecule has 3 rings (SSSR count). The number of thiophene rings is 1. The first kappa shape index (κ1) is 11.5. The molecule has 0 radical (unpaired) electrons. The molecule has 0 aliphatic rings. The van der Waals surface area contributed by atoms with Gasteiger partial charge in [0.1, 0.15) is 0 Å². The van der Waals surface area contributed by atoms with Crippen LogP contribution in [0, 0.1) is 0 Å². The Bertz CT molecular complexity index is 638. The van der Waals surface area contributed by atoms with E-state index in [9.17, 15) is 0 Å². The van der Waals surface area contributed by atoms with Gasteiger partial charge in [0.25, 0.3) is 0 Å². The Morgan fingerprint density at radius 2 is 2.06 bits per heavy atom. The summed E-state index contributed by atoms with van der Waals surface area (Å²) in [6.45, 7) is 1.61. The fraction of sp³-hybridized carbons (Fsp3) is 0.200. The lowest BCUT2D eigenvalue weighted by Crippen LogP contribution is -1.99. The van der Waals surface area contributed by atoms with Gasteiger partial charge in [-0.3, -0.25) is 0 Å². The number of nitrogens with zero attached hydrogens (tertiary/aromatic N) is 1. The summed E-state index contributed by atoms with van der Waals surface area (Å²) in [6.07, 6.45) is 3.27. The van der Waals surface area contributed by atoms with E-state index in [0.717, 1.165) is 13.0 Å². The topological polar surface area (TPSA) is 30.9 Å². The van der Waals surface area contributed by atoms with Crippen LogP contribution < -0.4 is 5.73 Å². The molecule has 2 nitrogen and oxygen atoms in total. The van der Waals surface area contributed by atoms with Gasteiger partial charge in [-0.15, -0.1) is 0 Å². The standard InChI is InChI=1S/C15H16N2S/c16-9-13-10-17(7-5-12-6-8-18-11-12)15-4-2-1-3-14(13)15/h1-4,6,8,10-11H,5,7,9,16H2. The monoisotopic (exact) mass is 256 g/mol. The maximum Gasteiger partial charge on any atom is 0.0483 e. The molecule has 0 spiro atoms. The molecule has 18 heavy (non-hydrogen) atoms. The molecule has 0 amide bonds. The van der Waals surface area contributed by atoms with Crippen molar-refractivity contribution in [3.63, 3.8) is 0 Å². The van der Waals surface area contributed by atoms with Crippen molar-refractivity contribution < 1.29 is 0 Å². The number of hydrogen-bond donors (Lipinski definition) is 1. The summed E-state index contributed by atoms with van der Waals surface area (Å²) >= 11 is 1.76. The number of benzene rings is 1. The zero-order valence-electron chi connectivity index (χ0n) is 10.2. The van der Waals surface area contributed by atoms with E-state index < -0.39 is 0 Å². The van der Waals surface area contributed by atoms with Gasteiger partial charge >= 0.3 is 0 Å². The Hall–Kier alpha value is -1.58. The SMILES string of the molecule is NCc1cn(CCc2ccsc2)c2ccccc12. The van der Waals surface area contributed by atoms with E-state index in [2.05, 4.69) is 51.9 Å². The number of fused-ring (bicyclic) bond motifs is 1. The molecule has 0 fully saturated rings.